The van der Waals surface area contributed by atoms with E-state index in [0.717, 1.165) is 30.7 Å². The Kier molecular flexibility index (Phi) is 6.50. The van der Waals surface area contributed by atoms with Crippen molar-refractivity contribution in [2.45, 2.75) is 50.8 Å². The van der Waals surface area contributed by atoms with Crippen molar-refractivity contribution in [3.05, 3.63) is 35.9 Å². The molecule has 130 valence electrons. The third kappa shape index (κ3) is 3.60. The van der Waals surface area contributed by atoms with Crippen LogP contribution >= 0.6 is 0 Å². The molecule has 1 aliphatic heterocycles. The van der Waals surface area contributed by atoms with Gasteiger partial charge in [0.1, 0.15) is 11.8 Å². The quantitative estimate of drug-likeness (QED) is 0.537. The highest BCUT2D eigenvalue weighted by molar-refractivity contribution is 5.23. The van der Waals surface area contributed by atoms with E-state index in [4.69, 9.17) is 0 Å². The molecule has 1 aromatic rings. The monoisotopic (exact) mass is 430 g/mol. The lowest BCUT2D eigenvalue weighted by atomic mass is 9.73. The molecule has 0 radical (unpaired) electrons. The van der Waals surface area contributed by atoms with Crippen molar-refractivity contribution in [3.8, 4) is 0 Å². The van der Waals surface area contributed by atoms with Crippen molar-refractivity contribution in [2.24, 2.45) is 0 Å². The van der Waals surface area contributed by atoms with E-state index >= 15 is 0 Å². The second-order valence-corrected chi connectivity index (χ2v) is 7.47. The third-order valence-corrected chi connectivity index (χ3v) is 6.32. The third-order valence-electron chi connectivity index (χ3n) is 6.32. The number of likely N-dealkylation sites (N-methyl/N-ethyl adjacent to an activating group) is 1. The number of rotatable bonds is 3. The zero-order valence-corrected chi connectivity index (χ0v) is 16.7. The van der Waals surface area contributed by atoms with Crippen LogP contribution in [0.4, 0.5) is 0 Å². The van der Waals surface area contributed by atoms with Gasteiger partial charge in [0.25, 0.3) is 0 Å². The van der Waals surface area contributed by atoms with E-state index in [9.17, 15) is 5.11 Å². The summed E-state index contributed by atoms with van der Waals surface area (Å²) >= 11 is 0. The molecule has 1 N–H and O–H groups in total. The van der Waals surface area contributed by atoms with Crippen LogP contribution < -0.4 is 24.0 Å². The molecule has 1 unspecified atom stereocenters. The topological polar surface area (TPSA) is 23.5 Å². The number of nitrogens with zero attached hydrogens (tertiary/aromatic N) is 2. The average molecular weight is 430 g/mol. The van der Waals surface area contributed by atoms with Gasteiger partial charge in [-0.25, -0.2) is 0 Å². The van der Waals surface area contributed by atoms with Crippen LogP contribution in [0.2, 0.25) is 0 Å². The normalized spacial score (nSPS) is 25.3. The molecule has 1 heterocycles. The maximum Gasteiger partial charge on any atom is 0.125 e. The minimum atomic E-state index is -0.312. The number of aliphatic hydroxyl groups is 1. The predicted octanol–water partition coefficient (Wildman–Crippen LogP) is -0.0495. The molecule has 3 nitrogen and oxygen atoms in total. The largest absolute Gasteiger partial charge is 1.00 e. The molecule has 0 aromatic heterocycles. The fourth-order valence-electron chi connectivity index (χ4n) is 4.75. The van der Waals surface area contributed by atoms with Gasteiger partial charge in [-0.15, -0.1) is 0 Å². The zero-order chi connectivity index (χ0) is 15.6. The van der Waals surface area contributed by atoms with Gasteiger partial charge in [-0.05, 0) is 19.8 Å². The van der Waals surface area contributed by atoms with E-state index in [2.05, 4.69) is 42.3 Å². The van der Waals surface area contributed by atoms with Gasteiger partial charge in [0, 0.05) is 18.4 Å². The summed E-state index contributed by atoms with van der Waals surface area (Å²) < 4.78 is 1.14. The minimum Gasteiger partial charge on any atom is -1.00 e. The van der Waals surface area contributed by atoms with Gasteiger partial charge in [0.05, 0.1) is 33.2 Å². The van der Waals surface area contributed by atoms with Crippen molar-refractivity contribution in [3.63, 3.8) is 0 Å². The average Bonchev–Trinajstić information content (AvgIpc) is 2.56. The number of benzene rings is 1. The highest BCUT2D eigenvalue weighted by atomic mass is 127. The Bertz CT molecular complexity index is 477. The Hall–Kier alpha value is -0.170. The van der Waals surface area contributed by atoms with Gasteiger partial charge in [-0.2, -0.15) is 0 Å². The van der Waals surface area contributed by atoms with Gasteiger partial charge in [-0.3, -0.25) is 4.90 Å². The van der Waals surface area contributed by atoms with E-state index in [1.54, 1.807) is 0 Å². The number of hydrogen-bond acceptors (Lipinski definition) is 2. The summed E-state index contributed by atoms with van der Waals surface area (Å²) in [5.74, 6) is 0. The molecule has 23 heavy (non-hydrogen) atoms. The maximum atomic E-state index is 9.86. The Morgan fingerprint density at radius 2 is 1.61 bits per heavy atom. The zero-order valence-electron chi connectivity index (χ0n) is 14.5. The highest BCUT2D eigenvalue weighted by Gasteiger charge is 2.51. The number of piperazine rings is 1. The SMILES string of the molecule is CC(O)N1CC[N+](C)(C2(c3ccccc3)CCCCC2)CC1.[I-]. The highest BCUT2D eigenvalue weighted by Crippen LogP contribution is 2.46. The molecule has 2 fully saturated rings. The molecule has 3 rings (SSSR count). The van der Waals surface area contributed by atoms with Crippen molar-refractivity contribution < 1.29 is 33.6 Å². The molecular formula is C19H31IN2O. The number of aliphatic hydroxyl groups excluding tert-OH is 1. The van der Waals surface area contributed by atoms with Crippen LogP contribution in [0.25, 0.3) is 0 Å². The minimum absolute atomic E-state index is 0. The number of hydrogen-bond donors (Lipinski definition) is 1. The summed E-state index contributed by atoms with van der Waals surface area (Å²) in [5, 5.41) is 9.86. The smallest absolute Gasteiger partial charge is 0.125 e. The van der Waals surface area contributed by atoms with Crippen LogP contribution in [0, 0.1) is 0 Å². The molecular weight excluding hydrogens is 399 g/mol. The lowest BCUT2D eigenvalue weighted by molar-refractivity contribution is -0.973. The fourth-order valence-corrected chi connectivity index (χ4v) is 4.75. The molecule has 1 atom stereocenters. The summed E-state index contributed by atoms with van der Waals surface area (Å²) in [7, 11) is 2.46. The first-order chi connectivity index (χ1) is 10.6. The lowest BCUT2D eigenvalue weighted by Gasteiger charge is -2.56. The van der Waals surface area contributed by atoms with Crippen LogP contribution in [-0.4, -0.2) is 53.9 Å². The first-order valence-electron chi connectivity index (χ1n) is 8.90. The molecule has 1 saturated carbocycles. The molecule has 2 aliphatic rings. The Morgan fingerprint density at radius 1 is 1.04 bits per heavy atom. The van der Waals surface area contributed by atoms with Gasteiger partial charge >= 0.3 is 0 Å². The van der Waals surface area contributed by atoms with Crippen molar-refractivity contribution >= 4 is 0 Å². The summed E-state index contributed by atoms with van der Waals surface area (Å²) in [5.41, 5.74) is 1.81. The van der Waals surface area contributed by atoms with Crippen LogP contribution in [0.5, 0.6) is 0 Å². The predicted molar refractivity (Wildman–Crippen MR) is 90.4 cm³/mol. The van der Waals surface area contributed by atoms with E-state index < -0.39 is 0 Å². The first kappa shape index (κ1) is 19.2. The second-order valence-electron chi connectivity index (χ2n) is 7.47. The Morgan fingerprint density at radius 3 is 2.13 bits per heavy atom. The second kappa shape index (κ2) is 7.81. The Labute approximate surface area is 158 Å². The summed E-state index contributed by atoms with van der Waals surface area (Å²) in [6, 6.07) is 11.2. The standard InChI is InChI=1S/C19H31N2O.HI/c1-17(22)20-13-15-21(2,16-14-20)19(11-7-4-8-12-19)18-9-5-3-6-10-18;/h3,5-6,9-10,17,22H,4,7-8,11-16H2,1-2H3;1H/q+1;/p-1. The molecule has 0 bridgehead atoms. The number of halogens is 1. The van der Waals surface area contributed by atoms with Gasteiger partial charge in [0.15, 0.2) is 0 Å². The lowest BCUT2D eigenvalue weighted by Crippen LogP contribution is -3.00. The first-order valence-corrected chi connectivity index (χ1v) is 8.90. The molecule has 4 heteroatoms. The molecule has 1 saturated heterocycles. The van der Waals surface area contributed by atoms with E-state index in [0.29, 0.717) is 0 Å². The van der Waals surface area contributed by atoms with Gasteiger partial charge in [0.2, 0.25) is 0 Å². The fraction of sp³-hybridized carbons (Fsp3) is 0.684. The summed E-state index contributed by atoms with van der Waals surface area (Å²) in [6.45, 7) is 6.17. The van der Waals surface area contributed by atoms with Crippen LogP contribution in [0.15, 0.2) is 30.3 Å². The molecule has 1 aliphatic carbocycles. The van der Waals surface area contributed by atoms with Crippen molar-refractivity contribution in [1.29, 1.82) is 0 Å². The Balaban J connectivity index is 0.00000192. The van der Waals surface area contributed by atoms with Gasteiger partial charge < -0.3 is 33.6 Å². The van der Waals surface area contributed by atoms with Crippen LogP contribution in [0.3, 0.4) is 0 Å². The van der Waals surface area contributed by atoms with Gasteiger partial charge in [-0.1, -0.05) is 36.8 Å². The van der Waals surface area contributed by atoms with E-state index in [1.807, 2.05) is 6.92 Å². The van der Waals surface area contributed by atoms with E-state index in [-0.39, 0.29) is 35.7 Å². The summed E-state index contributed by atoms with van der Waals surface area (Å²) in [6.07, 6.45) is 6.39. The van der Waals surface area contributed by atoms with Crippen LogP contribution in [0.1, 0.15) is 44.6 Å². The maximum absolute atomic E-state index is 9.86. The number of quaternary nitrogens is 1. The van der Waals surface area contributed by atoms with E-state index in [1.165, 1.54) is 37.7 Å². The summed E-state index contributed by atoms with van der Waals surface area (Å²) in [4.78, 5) is 2.21. The molecule has 1 aromatic carbocycles. The van der Waals surface area contributed by atoms with Crippen molar-refractivity contribution in [2.75, 3.05) is 33.2 Å². The molecule has 0 amide bonds. The van der Waals surface area contributed by atoms with Crippen LogP contribution in [-0.2, 0) is 5.54 Å². The van der Waals surface area contributed by atoms with Crippen molar-refractivity contribution in [1.82, 2.24) is 4.90 Å². The molecule has 0 spiro atoms.